The Bertz CT molecular complexity index is 323. The number of nitrogens with two attached hydrogens (primary N) is 1. The first-order valence-electron chi connectivity index (χ1n) is 6.99. The van der Waals surface area contributed by atoms with E-state index in [0.717, 1.165) is 11.8 Å². The number of rotatable bonds is 3. The van der Waals surface area contributed by atoms with Crippen molar-refractivity contribution in [2.45, 2.75) is 45.6 Å². The second-order valence-corrected chi connectivity index (χ2v) is 5.86. The van der Waals surface area contributed by atoms with Crippen LogP contribution in [0.25, 0.3) is 0 Å². The van der Waals surface area contributed by atoms with Gasteiger partial charge >= 0.3 is 0 Å². The van der Waals surface area contributed by atoms with E-state index in [1.807, 2.05) is 0 Å². The standard InChI is InChI=1S/C16H25N/c1-12(2)13-8-10-15(11-9-13)16(17)14-6-4-3-5-7-14/h3-7,12-13,15-16H,8-11,17H2,1-2H3. The summed E-state index contributed by atoms with van der Waals surface area (Å²) in [5.41, 5.74) is 7.70. The Labute approximate surface area is 105 Å². The van der Waals surface area contributed by atoms with Crippen molar-refractivity contribution in [3.63, 3.8) is 0 Å². The van der Waals surface area contributed by atoms with Gasteiger partial charge in [0.05, 0.1) is 0 Å². The minimum Gasteiger partial charge on any atom is -0.324 e. The highest BCUT2D eigenvalue weighted by Gasteiger charge is 2.27. The van der Waals surface area contributed by atoms with E-state index in [9.17, 15) is 0 Å². The summed E-state index contributed by atoms with van der Waals surface area (Å²) in [5, 5.41) is 0. The SMILES string of the molecule is CC(C)C1CCC(C(N)c2ccccc2)CC1. The molecule has 0 radical (unpaired) electrons. The van der Waals surface area contributed by atoms with Gasteiger partial charge in [0, 0.05) is 6.04 Å². The highest BCUT2D eigenvalue weighted by Crippen LogP contribution is 2.38. The van der Waals surface area contributed by atoms with Crippen LogP contribution < -0.4 is 5.73 Å². The lowest BCUT2D eigenvalue weighted by atomic mass is 9.73. The van der Waals surface area contributed by atoms with E-state index in [-0.39, 0.29) is 6.04 Å². The Morgan fingerprint density at radius 3 is 2.00 bits per heavy atom. The molecule has 17 heavy (non-hydrogen) atoms. The second kappa shape index (κ2) is 5.68. The molecule has 2 rings (SSSR count). The van der Waals surface area contributed by atoms with Gasteiger partial charge in [-0.3, -0.25) is 0 Å². The average Bonchev–Trinajstić information content (AvgIpc) is 2.39. The third-order valence-corrected chi connectivity index (χ3v) is 4.45. The monoisotopic (exact) mass is 231 g/mol. The van der Waals surface area contributed by atoms with Crippen molar-refractivity contribution in [1.29, 1.82) is 0 Å². The molecule has 1 fully saturated rings. The molecular weight excluding hydrogens is 206 g/mol. The molecule has 0 aliphatic heterocycles. The summed E-state index contributed by atoms with van der Waals surface area (Å²) in [5.74, 6) is 2.45. The van der Waals surface area contributed by atoms with Gasteiger partial charge in [-0.25, -0.2) is 0 Å². The van der Waals surface area contributed by atoms with E-state index in [0.29, 0.717) is 5.92 Å². The van der Waals surface area contributed by atoms with Crippen LogP contribution in [0.3, 0.4) is 0 Å². The van der Waals surface area contributed by atoms with Gasteiger partial charge in [0.15, 0.2) is 0 Å². The van der Waals surface area contributed by atoms with Gasteiger partial charge in [-0.1, -0.05) is 44.2 Å². The maximum Gasteiger partial charge on any atom is 0.0323 e. The maximum absolute atomic E-state index is 6.39. The minimum atomic E-state index is 0.240. The zero-order valence-corrected chi connectivity index (χ0v) is 11.1. The van der Waals surface area contributed by atoms with E-state index in [2.05, 4.69) is 44.2 Å². The lowest BCUT2D eigenvalue weighted by Gasteiger charge is -2.34. The van der Waals surface area contributed by atoms with Crippen LogP contribution in [0.15, 0.2) is 30.3 Å². The van der Waals surface area contributed by atoms with Crippen molar-refractivity contribution < 1.29 is 0 Å². The molecule has 1 heteroatoms. The van der Waals surface area contributed by atoms with Gasteiger partial charge < -0.3 is 5.73 Å². The Morgan fingerprint density at radius 2 is 1.47 bits per heavy atom. The molecular formula is C16H25N. The van der Waals surface area contributed by atoms with Crippen LogP contribution in [0.4, 0.5) is 0 Å². The molecule has 2 N–H and O–H groups in total. The Hall–Kier alpha value is -0.820. The van der Waals surface area contributed by atoms with Gasteiger partial charge in [-0.05, 0) is 49.0 Å². The zero-order valence-electron chi connectivity index (χ0n) is 11.1. The summed E-state index contributed by atoms with van der Waals surface area (Å²) in [6, 6.07) is 10.8. The predicted molar refractivity (Wildman–Crippen MR) is 73.7 cm³/mol. The summed E-state index contributed by atoms with van der Waals surface area (Å²) >= 11 is 0. The van der Waals surface area contributed by atoms with Crippen molar-refractivity contribution in [2.75, 3.05) is 0 Å². The Balaban J connectivity index is 1.93. The normalized spacial score (nSPS) is 27.1. The predicted octanol–water partition coefficient (Wildman–Crippen LogP) is 4.15. The second-order valence-electron chi connectivity index (χ2n) is 5.86. The first-order valence-corrected chi connectivity index (χ1v) is 6.99. The first kappa shape index (κ1) is 12.6. The summed E-state index contributed by atoms with van der Waals surface area (Å²) in [6.45, 7) is 4.70. The van der Waals surface area contributed by atoms with Crippen LogP contribution in [0.2, 0.25) is 0 Å². The molecule has 1 saturated carbocycles. The molecule has 1 aliphatic rings. The number of hydrogen-bond donors (Lipinski definition) is 1. The smallest absolute Gasteiger partial charge is 0.0323 e. The molecule has 1 unspecified atom stereocenters. The number of hydrogen-bond acceptors (Lipinski definition) is 1. The summed E-state index contributed by atoms with van der Waals surface area (Å²) < 4.78 is 0. The van der Waals surface area contributed by atoms with Crippen molar-refractivity contribution >= 4 is 0 Å². The average molecular weight is 231 g/mol. The molecule has 1 aliphatic carbocycles. The molecule has 0 aromatic heterocycles. The molecule has 0 heterocycles. The van der Waals surface area contributed by atoms with Crippen LogP contribution in [-0.2, 0) is 0 Å². The van der Waals surface area contributed by atoms with Crippen molar-refractivity contribution in [3.8, 4) is 0 Å². The van der Waals surface area contributed by atoms with Gasteiger partial charge in [-0.2, -0.15) is 0 Å². The van der Waals surface area contributed by atoms with Crippen LogP contribution >= 0.6 is 0 Å². The van der Waals surface area contributed by atoms with Gasteiger partial charge in [0.2, 0.25) is 0 Å². The van der Waals surface area contributed by atoms with E-state index >= 15 is 0 Å². The summed E-state index contributed by atoms with van der Waals surface area (Å²) in [7, 11) is 0. The maximum atomic E-state index is 6.39. The number of benzene rings is 1. The van der Waals surface area contributed by atoms with Gasteiger partial charge in [-0.15, -0.1) is 0 Å². The molecule has 1 nitrogen and oxygen atoms in total. The minimum absolute atomic E-state index is 0.240. The van der Waals surface area contributed by atoms with Crippen molar-refractivity contribution in [1.82, 2.24) is 0 Å². The van der Waals surface area contributed by atoms with Gasteiger partial charge in [0.1, 0.15) is 0 Å². The summed E-state index contributed by atoms with van der Waals surface area (Å²) in [6.07, 6.45) is 5.34. The van der Waals surface area contributed by atoms with Crippen LogP contribution in [0.1, 0.15) is 51.1 Å². The Morgan fingerprint density at radius 1 is 0.941 bits per heavy atom. The molecule has 0 spiro atoms. The molecule has 0 amide bonds. The van der Waals surface area contributed by atoms with Crippen LogP contribution in [-0.4, -0.2) is 0 Å². The van der Waals surface area contributed by atoms with Crippen molar-refractivity contribution in [2.24, 2.45) is 23.5 Å². The highest BCUT2D eigenvalue weighted by atomic mass is 14.7. The van der Waals surface area contributed by atoms with E-state index in [1.165, 1.54) is 31.2 Å². The fourth-order valence-electron chi connectivity index (χ4n) is 3.12. The third kappa shape index (κ3) is 3.10. The lowest BCUT2D eigenvalue weighted by Crippen LogP contribution is -2.27. The van der Waals surface area contributed by atoms with Crippen molar-refractivity contribution in [3.05, 3.63) is 35.9 Å². The van der Waals surface area contributed by atoms with E-state index in [1.54, 1.807) is 0 Å². The first-order chi connectivity index (χ1) is 8.18. The lowest BCUT2D eigenvalue weighted by molar-refractivity contribution is 0.203. The van der Waals surface area contributed by atoms with E-state index < -0.39 is 0 Å². The molecule has 0 bridgehead atoms. The molecule has 94 valence electrons. The molecule has 1 aromatic rings. The van der Waals surface area contributed by atoms with Crippen LogP contribution in [0, 0.1) is 17.8 Å². The topological polar surface area (TPSA) is 26.0 Å². The fourth-order valence-corrected chi connectivity index (χ4v) is 3.12. The fraction of sp³-hybridized carbons (Fsp3) is 0.625. The zero-order chi connectivity index (χ0) is 12.3. The van der Waals surface area contributed by atoms with Gasteiger partial charge in [0.25, 0.3) is 0 Å². The summed E-state index contributed by atoms with van der Waals surface area (Å²) in [4.78, 5) is 0. The quantitative estimate of drug-likeness (QED) is 0.831. The Kier molecular flexibility index (Phi) is 4.22. The third-order valence-electron chi connectivity index (χ3n) is 4.45. The molecule has 1 aromatic carbocycles. The largest absolute Gasteiger partial charge is 0.324 e. The van der Waals surface area contributed by atoms with Crippen LogP contribution in [0.5, 0.6) is 0 Å². The highest BCUT2D eigenvalue weighted by molar-refractivity contribution is 5.19. The van der Waals surface area contributed by atoms with E-state index in [4.69, 9.17) is 5.73 Å². The molecule has 1 atom stereocenters. The molecule has 0 saturated heterocycles.